The van der Waals surface area contributed by atoms with Crippen molar-refractivity contribution in [2.45, 2.75) is 33.7 Å². The molecule has 3 N–H and O–H groups in total. The standard InChI is InChI=1S/C15H23N3O2/c1-5-16-13-8-7-12(9-10(13)3)15(20)18-11(4)14(19)17-6-2/h7-9,11,16H,5-6H2,1-4H3,(H,17,19)(H,18,20). The van der Waals surface area contributed by atoms with E-state index in [1.807, 2.05) is 32.9 Å². The van der Waals surface area contributed by atoms with Crippen LogP contribution in [-0.2, 0) is 4.79 Å². The molecule has 0 aromatic heterocycles. The summed E-state index contributed by atoms with van der Waals surface area (Å²) in [5.41, 5.74) is 2.58. The van der Waals surface area contributed by atoms with E-state index in [9.17, 15) is 9.59 Å². The van der Waals surface area contributed by atoms with Gasteiger partial charge >= 0.3 is 0 Å². The maximum atomic E-state index is 12.1. The number of hydrogen-bond donors (Lipinski definition) is 3. The zero-order valence-electron chi connectivity index (χ0n) is 12.5. The Bertz CT molecular complexity index is 486. The SMILES string of the molecule is CCNC(=O)C(C)NC(=O)c1ccc(NCC)c(C)c1. The lowest BCUT2D eigenvalue weighted by atomic mass is 10.1. The minimum Gasteiger partial charge on any atom is -0.385 e. The van der Waals surface area contributed by atoms with Crippen LogP contribution >= 0.6 is 0 Å². The van der Waals surface area contributed by atoms with Gasteiger partial charge in [-0.3, -0.25) is 9.59 Å². The molecule has 0 aliphatic rings. The minimum atomic E-state index is -0.545. The summed E-state index contributed by atoms with van der Waals surface area (Å²) < 4.78 is 0. The fourth-order valence-corrected chi connectivity index (χ4v) is 1.87. The Hall–Kier alpha value is -2.04. The van der Waals surface area contributed by atoms with Crippen LogP contribution < -0.4 is 16.0 Å². The summed E-state index contributed by atoms with van der Waals surface area (Å²) in [4.78, 5) is 23.7. The van der Waals surface area contributed by atoms with Crippen molar-refractivity contribution in [3.8, 4) is 0 Å². The van der Waals surface area contributed by atoms with Crippen LogP contribution in [0.1, 0.15) is 36.7 Å². The molecule has 20 heavy (non-hydrogen) atoms. The zero-order chi connectivity index (χ0) is 15.1. The fourth-order valence-electron chi connectivity index (χ4n) is 1.87. The average Bonchev–Trinajstić information content (AvgIpc) is 2.41. The Kier molecular flexibility index (Phi) is 6.03. The van der Waals surface area contributed by atoms with E-state index in [1.165, 1.54) is 0 Å². The van der Waals surface area contributed by atoms with Crippen molar-refractivity contribution in [1.82, 2.24) is 10.6 Å². The van der Waals surface area contributed by atoms with Crippen molar-refractivity contribution in [3.63, 3.8) is 0 Å². The van der Waals surface area contributed by atoms with E-state index in [0.717, 1.165) is 17.8 Å². The summed E-state index contributed by atoms with van der Waals surface area (Å²) >= 11 is 0. The molecule has 1 aromatic rings. The Morgan fingerprint density at radius 2 is 1.90 bits per heavy atom. The van der Waals surface area contributed by atoms with E-state index in [0.29, 0.717) is 12.1 Å². The smallest absolute Gasteiger partial charge is 0.251 e. The summed E-state index contributed by atoms with van der Waals surface area (Å²) in [7, 11) is 0. The van der Waals surface area contributed by atoms with Gasteiger partial charge in [-0.05, 0) is 51.5 Å². The first-order valence-electron chi connectivity index (χ1n) is 6.92. The number of carbonyl (C=O) groups is 2. The second kappa shape index (κ2) is 7.53. The van der Waals surface area contributed by atoms with Crippen LogP contribution in [0.3, 0.4) is 0 Å². The van der Waals surface area contributed by atoms with Crippen molar-refractivity contribution < 1.29 is 9.59 Å². The van der Waals surface area contributed by atoms with Crippen LogP contribution in [0.5, 0.6) is 0 Å². The number of likely N-dealkylation sites (N-methyl/N-ethyl adjacent to an activating group) is 1. The normalized spacial score (nSPS) is 11.6. The summed E-state index contributed by atoms with van der Waals surface area (Å²) in [5.74, 6) is -0.420. The summed E-state index contributed by atoms with van der Waals surface area (Å²) in [6.45, 7) is 8.87. The first-order valence-corrected chi connectivity index (χ1v) is 6.92. The third kappa shape index (κ3) is 4.26. The predicted octanol–water partition coefficient (Wildman–Crippen LogP) is 1.68. The predicted molar refractivity (Wildman–Crippen MR) is 81.0 cm³/mol. The molecule has 0 radical (unpaired) electrons. The highest BCUT2D eigenvalue weighted by molar-refractivity contribution is 5.97. The highest BCUT2D eigenvalue weighted by atomic mass is 16.2. The molecular formula is C15H23N3O2. The van der Waals surface area contributed by atoms with E-state index in [1.54, 1.807) is 13.0 Å². The monoisotopic (exact) mass is 277 g/mol. The second-order valence-corrected chi connectivity index (χ2v) is 4.65. The van der Waals surface area contributed by atoms with Gasteiger partial charge in [0.15, 0.2) is 0 Å². The topological polar surface area (TPSA) is 70.2 Å². The van der Waals surface area contributed by atoms with Crippen molar-refractivity contribution in [3.05, 3.63) is 29.3 Å². The van der Waals surface area contributed by atoms with Gasteiger partial charge in [-0.1, -0.05) is 0 Å². The molecule has 0 fully saturated rings. The van der Waals surface area contributed by atoms with Gasteiger partial charge in [-0.25, -0.2) is 0 Å². The van der Waals surface area contributed by atoms with E-state index in [2.05, 4.69) is 16.0 Å². The number of amides is 2. The molecule has 0 spiro atoms. The van der Waals surface area contributed by atoms with Gasteiger partial charge in [0, 0.05) is 24.3 Å². The highest BCUT2D eigenvalue weighted by Gasteiger charge is 2.16. The largest absolute Gasteiger partial charge is 0.385 e. The second-order valence-electron chi connectivity index (χ2n) is 4.65. The molecule has 1 unspecified atom stereocenters. The third-order valence-corrected chi connectivity index (χ3v) is 2.95. The van der Waals surface area contributed by atoms with Gasteiger partial charge in [0.2, 0.25) is 5.91 Å². The van der Waals surface area contributed by atoms with Gasteiger partial charge in [0.25, 0.3) is 5.91 Å². The van der Waals surface area contributed by atoms with Crippen molar-refractivity contribution in [1.29, 1.82) is 0 Å². The summed E-state index contributed by atoms with van der Waals surface area (Å²) in [5, 5.41) is 8.59. The van der Waals surface area contributed by atoms with Crippen LogP contribution in [0.2, 0.25) is 0 Å². The van der Waals surface area contributed by atoms with Crippen molar-refractivity contribution in [2.75, 3.05) is 18.4 Å². The number of nitrogens with one attached hydrogen (secondary N) is 3. The Morgan fingerprint density at radius 3 is 2.45 bits per heavy atom. The maximum absolute atomic E-state index is 12.1. The molecule has 1 atom stereocenters. The molecule has 0 heterocycles. The average molecular weight is 277 g/mol. The third-order valence-electron chi connectivity index (χ3n) is 2.95. The van der Waals surface area contributed by atoms with Crippen LogP contribution in [0.15, 0.2) is 18.2 Å². The molecule has 1 rings (SSSR count). The zero-order valence-corrected chi connectivity index (χ0v) is 12.5. The fraction of sp³-hybridized carbons (Fsp3) is 0.467. The molecule has 1 aromatic carbocycles. The molecule has 110 valence electrons. The van der Waals surface area contributed by atoms with Crippen molar-refractivity contribution >= 4 is 17.5 Å². The minimum absolute atomic E-state index is 0.179. The summed E-state index contributed by atoms with van der Waals surface area (Å²) in [6.07, 6.45) is 0. The Morgan fingerprint density at radius 1 is 1.20 bits per heavy atom. The molecule has 0 bridgehead atoms. The number of rotatable bonds is 6. The molecule has 0 saturated carbocycles. The van der Waals surface area contributed by atoms with E-state index in [4.69, 9.17) is 0 Å². The van der Waals surface area contributed by atoms with Gasteiger partial charge < -0.3 is 16.0 Å². The van der Waals surface area contributed by atoms with Crippen LogP contribution in [-0.4, -0.2) is 30.9 Å². The Balaban J connectivity index is 2.73. The quantitative estimate of drug-likeness (QED) is 0.741. The van der Waals surface area contributed by atoms with Crippen molar-refractivity contribution in [2.24, 2.45) is 0 Å². The maximum Gasteiger partial charge on any atom is 0.251 e. The van der Waals surface area contributed by atoms with Gasteiger partial charge in [0.05, 0.1) is 0 Å². The lowest BCUT2D eigenvalue weighted by Crippen LogP contribution is -2.44. The number of hydrogen-bond acceptors (Lipinski definition) is 3. The lowest BCUT2D eigenvalue weighted by molar-refractivity contribution is -0.122. The van der Waals surface area contributed by atoms with E-state index >= 15 is 0 Å². The summed E-state index contributed by atoms with van der Waals surface area (Å²) in [6, 6.07) is 4.91. The highest BCUT2D eigenvalue weighted by Crippen LogP contribution is 2.16. The van der Waals surface area contributed by atoms with Gasteiger partial charge in [-0.15, -0.1) is 0 Å². The van der Waals surface area contributed by atoms with Crippen LogP contribution in [0.4, 0.5) is 5.69 Å². The molecule has 0 saturated heterocycles. The molecular weight excluding hydrogens is 254 g/mol. The number of carbonyl (C=O) groups excluding carboxylic acids is 2. The lowest BCUT2D eigenvalue weighted by Gasteiger charge is -2.14. The molecule has 0 aliphatic heterocycles. The van der Waals surface area contributed by atoms with Crippen LogP contribution in [0.25, 0.3) is 0 Å². The Labute approximate surface area is 120 Å². The first-order chi connectivity index (χ1) is 9.49. The first kappa shape index (κ1) is 16.0. The molecule has 5 heteroatoms. The van der Waals surface area contributed by atoms with E-state index in [-0.39, 0.29) is 11.8 Å². The molecule has 5 nitrogen and oxygen atoms in total. The van der Waals surface area contributed by atoms with E-state index < -0.39 is 6.04 Å². The van der Waals surface area contributed by atoms with Crippen LogP contribution in [0, 0.1) is 6.92 Å². The van der Waals surface area contributed by atoms with Gasteiger partial charge in [-0.2, -0.15) is 0 Å². The number of benzene rings is 1. The molecule has 2 amide bonds. The van der Waals surface area contributed by atoms with Gasteiger partial charge in [0.1, 0.15) is 6.04 Å². The number of aryl methyl sites for hydroxylation is 1. The molecule has 0 aliphatic carbocycles. The number of anilines is 1.